The molecule has 0 saturated heterocycles. The van der Waals surface area contributed by atoms with Gasteiger partial charge in [0.05, 0.1) is 25.4 Å². The van der Waals surface area contributed by atoms with Crippen LogP contribution in [0.1, 0.15) is 25.7 Å². The molecular formula is C26H34N6O3. The second-order valence-corrected chi connectivity index (χ2v) is 9.05. The van der Waals surface area contributed by atoms with Crippen LogP contribution in [0.4, 0.5) is 22.2 Å². The predicted molar refractivity (Wildman–Crippen MR) is 140 cm³/mol. The number of rotatable bonds is 8. The Hall–Kier alpha value is -3.75. The third-order valence-electron chi connectivity index (χ3n) is 6.39. The molecule has 3 aromatic rings. The Morgan fingerprint density at radius 3 is 2.51 bits per heavy atom. The first-order valence-corrected chi connectivity index (χ1v) is 11.9. The van der Waals surface area contributed by atoms with Crippen LogP contribution in [-0.2, 0) is 0 Å². The van der Waals surface area contributed by atoms with Crippen molar-refractivity contribution in [2.24, 2.45) is 5.92 Å². The number of benzene rings is 2. The average Bonchev–Trinajstić information content (AvgIpc) is 2.87. The molecule has 9 nitrogen and oxygen atoms in total. The van der Waals surface area contributed by atoms with Crippen LogP contribution in [0.15, 0.2) is 42.5 Å². The van der Waals surface area contributed by atoms with E-state index in [0.29, 0.717) is 41.6 Å². The summed E-state index contributed by atoms with van der Waals surface area (Å²) in [5, 5.41) is 10.4. The van der Waals surface area contributed by atoms with E-state index in [0.717, 1.165) is 42.4 Å². The number of nitrogens with zero attached hydrogens (tertiary/aromatic N) is 3. The third kappa shape index (κ3) is 6.03. The molecular weight excluding hydrogens is 444 g/mol. The molecule has 186 valence electrons. The first kappa shape index (κ1) is 24.4. The van der Waals surface area contributed by atoms with Gasteiger partial charge in [0, 0.05) is 38.1 Å². The number of ether oxygens (including phenoxy) is 2. The molecule has 0 bridgehead atoms. The number of para-hydroxylation sites is 1. The number of hydrogen-bond donors (Lipinski definition) is 3. The van der Waals surface area contributed by atoms with Gasteiger partial charge in [-0.1, -0.05) is 12.1 Å². The summed E-state index contributed by atoms with van der Waals surface area (Å²) < 4.78 is 10.6. The quantitative estimate of drug-likeness (QED) is 0.438. The zero-order chi connectivity index (χ0) is 24.8. The van der Waals surface area contributed by atoms with Gasteiger partial charge >= 0.3 is 6.03 Å². The first-order valence-electron chi connectivity index (χ1n) is 11.9. The predicted octanol–water partition coefficient (Wildman–Crippen LogP) is 4.51. The van der Waals surface area contributed by atoms with Crippen LogP contribution >= 0.6 is 0 Å². The van der Waals surface area contributed by atoms with E-state index in [2.05, 4.69) is 16.0 Å². The molecule has 0 aliphatic heterocycles. The Bertz CT molecular complexity index is 1160. The van der Waals surface area contributed by atoms with E-state index >= 15 is 0 Å². The molecule has 2 amide bonds. The second-order valence-electron chi connectivity index (χ2n) is 9.05. The lowest BCUT2D eigenvalue weighted by Crippen LogP contribution is -2.36. The number of amides is 2. The van der Waals surface area contributed by atoms with Crippen molar-refractivity contribution < 1.29 is 14.3 Å². The summed E-state index contributed by atoms with van der Waals surface area (Å²) in [6.45, 7) is 0.627. The lowest BCUT2D eigenvalue weighted by Gasteiger charge is -2.29. The molecule has 4 rings (SSSR count). The summed E-state index contributed by atoms with van der Waals surface area (Å²) in [7, 11) is 7.15. The van der Waals surface area contributed by atoms with Gasteiger partial charge in [-0.05, 0) is 55.9 Å². The molecule has 1 heterocycles. The molecule has 1 aliphatic carbocycles. The van der Waals surface area contributed by atoms with E-state index < -0.39 is 0 Å². The monoisotopic (exact) mass is 478 g/mol. The van der Waals surface area contributed by atoms with Crippen LogP contribution in [-0.4, -0.2) is 56.9 Å². The highest BCUT2D eigenvalue weighted by molar-refractivity contribution is 5.91. The third-order valence-corrected chi connectivity index (χ3v) is 6.39. The van der Waals surface area contributed by atoms with Gasteiger partial charge in [0.2, 0.25) is 5.95 Å². The van der Waals surface area contributed by atoms with Crippen molar-refractivity contribution in [2.45, 2.75) is 31.7 Å². The SMILES string of the molecule is COc1ccc(OC)c(NC(=O)NC[C@H]2CC[C@@H](Nc3nc(N(C)C)c4ccccc4n3)CC2)c1. The summed E-state index contributed by atoms with van der Waals surface area (Å²) in [5.74, 6) is 3.25. The fourth-order valence-corrected chi connectivity index (χ4v) is 4.47. The minimum Gasteiger partial charge on any atom is -0.497 e. The molecule has 2 aromatic carbocycles. The summed E-state index contributed by atoms with van der Waals surface area (Å²) in [4.78, 5) is 24.0. The highest BCUT2D eigenvalue weighted by atomic mass is 16.5. The number of nitrogens with one attached hydrogen (secondary N) is 3. The molecule has 0 radical (unpaired) electrons. The highest BCUT2D eigenvalue weighted by Crippen LogP contribution is 2.30. The summed E-state index contributed by atoms with van der Waals surface area (Å²) in [6, 6.07) is 13.4. The van der Waals surface area contributed by atoms with Crippen molar-refractivity contribution in [1.82, 2.24) is 15.3 Å². The Morgan fingerprint density at radius 1 is 1.03 bits per heavy atom. The zero-order valence-electron chi connectivity index (χ0n) is 20.8. The van der Waals surface area contributed by atoms with Gasteiger partial charge in [0.15, 0.2) is 0 Å². The van der Waals surface area contributed by atoms with Crippen LogP contribution in [0.5, 0.6) is 11.5 Å². The molecule has 1 aliphatic rings. The van der Waals surface area contributed by atoms with Crippen molar-refractivity contribution in [3.05, 3.63) is 42.5 Å². The van der Waals surface area contributed by atoms with E-state index in [-0.39, 0.29) is 6.03 Å². The summed E-state index contributed by atoms with van der Waals surface area (Å²) in [5.41, 5.74) is 1.51. The topological polar surface area (TPSA) is 101 Å². The number of urea groups is 1. The van der Waals surface area contributed by atoms with E-state index in [1.54, 1.807) is 32.4 Å². The number of hydrogen-bond acceptors (Lipinski definition) is 7. The number of fused-ring (bicyclic) bond motifs is 1. The van der Waals surface area contributed by atoms with Gasteiger partial charge in [-0.3, -0.25) is 0 Å². The van der Waals surface area contributed by atoms with Crippen molar-refractivity contribution in [3.8, 4) is 11.5 Å². The molecule has 0 atom stereocenters. The summed E-state index contributed by atoms with van der Waals surface area (Å²) in [6.07, 6.45) is 4.05. The lowest BCUT2D eigenvalue weighted by molar-refractivity contribution is 0.246. The molecule has 9 heteroatoms. The van der Waals surface area contributed by atoms with Crippen LogP contribution in [0.25, 0.3) is 10.9 Å². The molecule has 0 unspecified atom stereocenters. The number of anilines is 3. The van der Waals surface area contributed by atoms with Gasteiger partial charge in [-0.15, -0.1) is 0 Å². The molecule has 1 fully saturated rings. The minimum atomic E-state index is -0.252. The average molecular weight is 479 g/mol. The second kappa shape index (κ2) is 11.1. The van der Waals surface area contributed by atoms with E-state index in [1.165, 1.54) is 0 Å². The standard InChI is InChI=1S/C26H34N6O3/c1-32(2)24-20-7-5-6-8-21(20)29-25(31-24)28-18-11-9-17(10-12-18)16-27-26(33)30-22-15-19(34-3)13-14-23(22)35-4/h5-8,13-15,17-18H,9-12,16H2,1-4H3,(H2,27,30,33)(H,28,29,31)/t17-,18+. The Balaban J connectivity index is 1.28. The maximum atomic E-state index is 12.5. The summed E-state index contributed by atoms with van der Waals surface area (Å²) >= 11 is 0. The maximum absolute atomic E-state index is 12.5. The van der Waals surface area contributed by atoms with Crippen LogP contribution < -0.4 is 30.3 Å². The normalized spacial score (nSPS) is 17.5. The van der Waals surface area contributed by atoms with Gasteiger partial charge < -0.3 is 30.3 Å². The number of aromatic nitrogens is 2. The molecule has 35 heavy (non-hydrogen) atoms. The van der Waals surface area contributed by atoms with Crippen LogP contribution in [0.3, 0.4) is 0 Å². The van der Waals surface area contributed by atoms with E-state index in [9.17, 15) is 4.79 Å². The van der Waals surface area contributed by atoms with Crippen LogP contribution in [0.2, 0.25) is 0 Å². The van der Waals surface area contributed by atoms with E-state index in [4.69, 9.17) is 19.4 Å². The number of carbonyl (C=O) groups is 1. The van der Waals surface area contributed by atoms with Gasteiger partial charge in [-0.25, -0.2) is 9.78 Å². The Labute approximate surface area is 206 Å². The Morgan fingerprint density at radius 2 is 1.80 bits per heavy atom. The first-order chi connectivity index (χ1) is 17.0. The van der Waals surface area contributed by atoms with Crippen molar-refractivity contribution in [2.75, 3.05) is 50.4 Å². The van der Waals surface area contributed by atoms with Crippen molar-refractivity contribution >= 4 is 34.4 Å². The van der Waals surface area contributed by atoms with Crippen LogP contribution in [0, 0.1) is 5.92 Å². The van der Waals surface area contributed by atoms with E-state index in [1.807, 2.05) is 43.3 Å². The van der Waals surface area contributed by atoms with Gasteiger partial charge in [0.1, 0.15) is 17.3 Å². The smallest absolute Gasteiger partial charge is 0.319 e. The highest BCUT2D eigenvalue weighted by Gasteiger charge is 2.23. The zero-order valence-corrected chi connectivity index (χ0v) is 20.8. The largest absolute Gasteiger partial charge is 0.497 e. The van der Waals surface area contributed by atoms with Gasteiger partial charge in [-0.2, -0.15) is 4.98 Å². The number of carbonyl (C=O) groups excluding carboxylic acids is 1. The molecule has 3 N–H and O–H groups in total. The number of methoxy groups -OCH3 is 2. The minimum absolute atomic E-state index is 0.252. The molecule has 1 aromatic heterocycles. The van der Waals surface area contributed by atoms with Crippen molar-refractivity contribution in [3.63, 3.8) is 0 Å². The molecule has 1 saturated carbocycles. The van der Waals surface area contributed by atoms with Crippen molar-refractivity contribution in [1.29, 1.82) is 0 Å². The van der Waals surface area contributed by atoms with Gasteiger partial charge in [0.25, 0.3) is 0 Å². The lowest BCUT2D eigenvalue weighted by atomic mass is 9.86. The Kier molecular flexibility index (Phi) is 7.74. The molecule has 0 spiro atoms. The fourth-order valence-electron chi connectivity index (χ4n) is 4.47. The fraction of sp³-hybridized carbons (Fsp3) is 0.423. The maximum Gasteiger partial charge on any atom is 0.319 e.